The standard InChI is InChI=1S/C25H30FN3O5/c1-6-34-25(33)20-14(2)18(15(3)27-20)22(30)19-21(16-10-7-8-11-17(16)26)29(24(32)23(19)31)13-9-12-28(4)5/h7-8,10-11,21,27,30H,6,9,12-13H2,1-5H3/t21-/m0/s1. The number of hydrogen-bond donors (Lipinski definition) is 2. The molecule has 1 aliphatic heterocycles. The Morgan fingerprint density at radius 1 is 1.24 bits per heavy atom. The minimum absolute atomic E-state index is 0.115. The van der Waals surface area contributed by atoms with Crippen LogP contribution < -0.4 is 0 Å². The van der Waals surface area contributed by atoms with Crippen LogP contribution in [0.2, 0.25) is 0 Å². The predicted octanol–water partition coefficient (Wildman–Crippen LogP) is 3.32. The van der Waals surface area contributed by atoms with E-state index < -0.39 is 35.3 Å². The topological polar surface area (TPSA) is 103 Å². The molecule has 2 N–H and O–H groups in total. The average Bonchev–Trinajstić information content (AvgIpc) is 3.21. The fraction of sp³-hybridized carbons (Fsp3) is 0.400. The van der Waals surface area contributed by atoms with Crippen molar-refractivity contribution in [3.63, 3.8) is 0 Å². The van der Waals surface area contributed by atoms with Gasteiger partial charge in [-0.2, -0.15) is 0 Å². The quantitative estimate of drug-likeness (QED) is 0.265. The molecule has 0 radical (unpaired) electrons. The number of esters is 1. The SMILES string of the molecule is CCOC(=O)c1[nH]c(C)c(C(O)=C2C(=O)C(=O)N(CCCN(C)C)[C@H]2c2ccccc2F)c1C. The Balaban J connectivity index is 2.18. The predicted molar refractivity (Wildman–Crippen MR) is 125 cm³/mol. The van der Waals surface area contributed by atoms with Crippen LogP contribution >= 0.6 is 0 Å². The molecule has 1 aromatic carbocycles. The second-order valence-corrected chi connectivity index (χ2v) is 8.52. The van der Waals surface area contributed by atoms with Gasteiger partial charge in [0.15, 0.2) is 0 Å². The molecule has 3 rings (SSSR count). The molecule has 0 aliphatic carbocycles. The average molecular weight is 472 g/mol. The number of ketones is 1. The van der Waals surface area contributed by atoms with E-state index in [9.17, 15) is 23.9 Å². The van der Waals surface area contributed by atoms with Gasteiger partial charge in [-0.25, -0.2) is 9.18 Å². The third-order valence-electron chi connectivity index (χ3n) is 5.90. The molecule has 9 heteroatoms. The largest absolute Gasteiger partial charge is 0.507 e. The molecule has 8 nitrogen and oxygen atoms in total. The molecule has 0 unspecified atom stereocenters. The van der Waals surface area contributed by atoms with Gasteiger partial charge in [0.05, 0.1) is 18.2 Å². The second-order valence-electron chi connectivity index (χ2n) is 8.52. The van der Waals surface area contributed by atoms with Crippen molar-refractivity contribution in [2.24, 2.45) is 0 Å². The van der Waals surface area contributed by atoms with Crippen molar-refractivity contribution < 1.29 is 28.6 Å². The second kappa shape index (κ2) is 10.2. The molecule has 1 aromatic heterocycles. The number of nitrogens with zero attached hydrogens (tertiary/aromatic N) is 2. The Morgan fingerprint density at radius 2 is 1.91 bits per heavy atom. The van der Waals surface area contributed by atoms with Gasteiger partial charge in [-0.15, -0.1) is 0 Å². The van der Waals surface area contributed by atoms with Crippen LogP contribution in [-0.2, 0) is 14.3 Å². The summed E-state index contributed by atoms with van der Waals surface area (Å²) in [7, 11) is 3.78. The number of nitrogens with one attached hydrogen (secondary N) is 1. The lowest BCUT2D eigenvalue weighted by Gasteiger charge is -2.26. The Bertz CT molecular complexity index is 1150. The number of benzene rings is 1. The van der Waals surface area contributed by atoms with Crippen molar-refractivity contribution in [3.8, 4) is 0 Å². The Hall–Kier alpha value is -3.46. The summed E-state index contributed by atoms with van der Waals surface area (Å²) in [5, 5.41) is 11.3. The number of ether oxygens (including phenoxy) is 1. The summed E-state index contributed by atoms with van der Waals surface area (Å²) in [5.41, 5.74) is 1.06. The molecule has 1 amide bonds. The zero-order valence-electron chi connectivity index (χ0n) is 20.1. The number of aliphatic hydroxyl groups is 1. The summed E-state index contributed by atoms with van der Waals surface area (Å²) in [5.74, 6) is -3.34. The van der Waals surface area contributed by atoms with E-state index in [-0.39, 0.29) is 35.5 Å². The number of carbonyl (C=O) groups excluding carboxylic acids is 3. The van der Waals surface area contributed by atoms with Gasteiger partial charge in [0.1, 0.15) is 17.3 Å². The summed E-state index contributed by atoms with van der Waals surface area (Å²) < 4.78 is 19.9. The fourth-order valence-corrected chi connectivity index (χ4v) is 4.34. The van der Waals surface area contributed by atoms with Crippen LogP contribution in [0.5, 0.6) is 0 Å². The number of likely N-dealkylation sites (tertiary alicyclic amines) is 1. The highest BCUT2D eigenvalue weighted by Crippen LogP contribution is 2.41. The van der Waals surface area contributed by atoms with Gasteiger partial charge in [-0.05, 0) is 59.5 Å². The van der Waals surface area contributed by atoms with Crippen LogP contribution in [0.15, 0.2) is 29.8 Å². The van der Waals surface area contributed by atoms with Gasteiger partial charge in [-0.3, -0.25) is 9.59 Å². The third kappa shape index (κ3) is 4.61. The normalized spacial score (nSPS) is 17.6. The fourth-order valence-electron chi connectivity index (χ4n) is 4.34. The van der Waals surface area contributed by atoms with Crippen molar-refractivity contribution >= 4 is 23.4 Å². The van der Waals surface area contributed by atoms with Crippen molar-refractivity contribution in [1.29, 1.82) is 0 Å². The number of aromatic nitrogens is 1. The monoisotopic (exact) mass is 471 g/mol. The first kappa shape index (κ1) is 25.2. The summed E-state index contributed by atoms with van der Waals surface area (Å²) >= 11 is 0. The number of H-pyrrole nitrogens is 1. The zero-order chi connectivity index (χ0) is 25.2. The summed E-state index contributed by atoms with van der Waals surface area (Å²) in [4.78, 5) is 44.6. The maximum absolute atomic E-state index is 14.9. The molecule has 182 valence electrons. The first-order chi connectivity index (χ1) is 16.1. The number of hydrogen-bond acceptors (Lipinski definition) is 6. The highest BCUT2D eigenvalue weighted by atomic mass is 19.1. The number of aromatic amines is 1. The first-order valence-electron chi connectivity index (χ1n) is 11.1. The Labute approximate surface area is 198 Å². The van der Waals surface area contributed by atoms with Gasteiger partial charge < -0.3 is 24.6 Å². The van der Waals surface area contributed by atoms with E-state index >= 15 is 0 Å². The van der Waals surface area contributed by atoms with Crippen LogP contribution in [0, 0.1) is 19.7 Å². The highest BCUT2D eigenvalue weighted by molar-refractivity contribution is 6.46. The summed E-state index contributed by atoms with van der Waals surface area (Å²) in [6.45, 7) is 5.95. The van der Waals surface area contributed by atoms with Gasteiger partial charge in [0.2, 0.25) is 0 Å². The van der Waals surface area contributed by atoms with Crippen LogP contribution in [0.4, 0.5) is 4.39 Å². The van der Waals surface area contributed by atoms with Gasteiger partial charge in [-0.1, -0.05) is 18.2 Å². The van der Waals surface area contributed by atoms with E-state index in [1.54, 1.807) is 26.8 Å². The van der Waals surface area contributed by atoms with E-state index in [1.165, 1.54) is 23.1 Å². The van der Waals surface area contributed by atoms with Crippen LogP contribution in [0.3, 0.4) is 0 Å². The van der Waals surface area contributed by atoms with E-state index in [2.05, 4.69) is 4.98 Å². The van der Waals surface area contributed by atoms with Crippen molar-refractivity contribution in [2.75, 3.05) is 33.8 Å². The number of amides is 1. The lowest BCUT2D eigenvalue weighted by atomic mass is 9.93. The molecular weight excluding hydrogens is 441 g/mol. The summed E-state index contributed by atoms with van der Waals surface area (Å²) in [6.07, 6.45) is 0.556. The first-order valence-corrected chi connectivity index (χ1v) is 11.1. The number of aliphatic hydroxyl groups excluding tert-OH is 1. The van der Waals surface area contributed by atoms with Gasteiger partial charge in [0.25, 0.3) is 11.7 Å². The molecule has 1 saturated heterocycles. The van der Waals surface area contributed by atoms with Gasteiger partial charge >= 0.3 is 5.97 Å². The number of halogens is 1. The number of Topliss-reactive ketones (excluding diaryl/α,β-unsaturated/α-hetero) is 1. The van der Waals surface area contributed by atoms with Crippen LogP contribution in [0.1, 0.15) is 52.3 Å². The Kier molecular flexibility index (Phi) is 7.56. The van der Waals surface area contributed by atoms with E-state index in [1.807, 2.05) is 19.0 Å². The van der Waals surface area contributed by atoms with Crippen molar-refractivity contribution in [2.45, 2.75) is 33.2 Å². The van der Waals surface area contributed by atoms with Crippen molar-refractivity contribution in [1.82, 2.24) is 14.8 Å². The number of rotatable bonds is 8. The Morgan fingerprint density at radius 3 is 2.53 bits per heavy atom. The number of aryl methyl sites for hydroxylation is 1. The van der Waals surface area contributed by atoms with Crippen molar-refractivity contribution in [3.05, 3.63) is 63.7 Å². The van der Waals surface area contributed by atoms with Gasteiger partial charge in [0, 0.05) is 23.4 Å². The minimum Gasteiger partial charge on any atom is -0.507 e. The van der Waals surface area contributed by atoms with Crippen LogP contribution in [0.25, 0.3) is 5.76 Å². The highest BCUT2D eigenvalue weighted by Gasteiger charge is 2.47. The molecule has 1 atom stereocenters. The molecule has 0 bridgehead atoms. The molecule has 2 heterocycles. The molecule has 1 fully saturated rings. The summed E-state index contributed by atoms with van der Waals surface area (Å²) in [6, 6.07) is 4.79. The maximum Gasteiger partial charge on any atom is 0.355 e. The maximum atomic E-state index is 14.9. The zero-order valence-corrected chi connectivity index (χ0v) is 20.1. The molecule has 1 aliphatic rings. The smallest absolute Gasteiger partial charge is 0.355 e. The molecular formula is C25H30FN3O5. The lowest BCUT2D eigenvalue weighted by Crippen LogP contribution is -2.32. The van der Waals surface area contributed by atoms with E-state index in [4.69, 9.17) is 4.74 Å². The van der Waals surface area contributed by atoms with Crippen LogP contribution in [-0.4, -0.2) is 71.3 Å². The van der Waals surface area contributed by atoms with E-state index in [0.29, 0.717) is 24.2 Å². The molecule has 0 saturated carbocycles. The number of carbonyl (C=O) groups is 3. The lowest BCUT2D eigenvalue weighted by molar-refractivity contribution is -0.140. The minimum atomic E-state index is -1.09. The van der Waals surface area contributed by atoms with E-state index in [0.717, 1.165) is 0 Å². The molecule has 34 heavy (non-hydrogen) atoms. The third-order valence-corrected chi connectivity index (χ3v) is 5.90. The molecule has 2 aromatic rings. The molecule has 0 spiro atoms.